The smallest absolute Gasteiger partial charge is 0.250 e. The zero-order valence-electron chi connectivity index (χ0n) is 11.4. The number of hydrogen-bond donors (Lipinski definition) is 2. The summed E-state index contributed by atoms with van der Waals surface area (Å²) in [7, 11) is 0. The Labute approximate surface area is 117 Å². The Balaban J connectivity index is 1.90. The van der Waals surface area contributed by atoms with Gasteiger partial charge in [-0.3, -0.25) is 4.79 Å². The molecule has 1 aromatic carbocycles. The molecule has 4 N–H and O–H groups in total. The first-order chi connectivity index (χ1) is 9.54. The van der Waals surface area contributed by atoms with Gasteiger partial charge in [-0.05, 0) is 49.7 Å². The summed E-state index contributed by atoms with van der Waals surface area (Å²) in [4.78, 5) is 13.4. The molecule has 108 valence electrons. The summed E-state index contributed by atoms with van der Waals surface area (Å²) < 4.78 is 14.2. The highest BCUT2D eigenvalue weighted by Crippen LogP contribution is 2.37. The number of nitrogens with zero attached hydrogens (tertiary/aromatic N) is 1. The van der Waals surface area contributed by atoms with Crippen LogP contribution in [0.2, 0.25) is 0 Å². The molecule has 5 heteroatoms. The van der Waals surface area contributed by atoms with E-state index in [4.69, 9.17) is 11.5 Å². The molecular formula is C15H20FN3O. The van der Waals surface area contributed by atoms with Crippen LogP contribution >= 0.6 is 0 Å². The van der Waals surface area contributed by atoms with Crippen LogP contribution in [0.4, 0.5) is 15.8 Å². The van der Waals surface area contributed by atoms with Gasteiger partial charge >= 0.3 is 0 Å². The van der Waals surface area contributed by atoms with Crippen LogP contribution in [0.1, 0.15) is 36.0 Å². The molecule has 1 amide bonds. The predicted molar refractivity (Wildman–Crippen MR) is 77.0 cm³/mol. The molecule has 4 nitrogen and oxygen atoms in total. The van der Waals surface area contributed by atoms with Crippen molar-refractivity contribution < 1.29 is 9.18 Å². The van der Waals surface area contributed by atoms with E-state index >= 15 is 0 Å². The van der Waals surface area contributed by atoms with Crippen LogP contribution < -0.4 is 16.4 Å². The van der Waals surface area contributed by atoms with Gasteiger partial charge in [0.1, 0.15) is 5.82 Å². The number of rotatable bonds is 6. The maximum absolute atomic E-state index is 14.2. The summed E-state index contributed by atoms with van der Waals surface area (Å²) in [5, 5.41) is 0. The quantitative estimate of drug-likeness (QED) is 0.782. The Hall–Kier alpha value is -1.78. The molecule has 0 spiro atoms. The molecule has 2 fully saturated rings. The van der Waals surface area contributed by atoms with Crippen molar-refractivity contribution in [3.63, 3.8) is 0 Å². The van der Waals surface area contributed by atoms with E-state index in [0.717, 1.165) is 13.1 Å². The fourth-order valence-electron chi connectivity index (χ4n) is 2.53. The lowest BCUT2D eigenvalue weighted by atomic mass is 10.1. The monoisotopic (exact) mass is 277 g/mol. The molecule has 0 radical (unpaired) electrons. The van der Waals surface area contributed by atoms with E-state index in [1.165, 1.54) is 37.8 Å². The largest absolute Gasteiger partial charge is 0.398 e. The Kier molecular flexibility index (Phi) is 3.28. The summed E-state index contributed by atoms with van der Waals surface area (Å²) in [5.41, 5.74) is 11.7. The maximum atomic E-state index is 14.2. The molecule has 2 aliphatic rings. The highest BCUT2D eigenvalue weighted by molar-refractivity contribution is 5.99. The van der Waals surface area contributed by atoms with Crippen LogP contribution in [0.25, 0.3) is 0 Å². The molecule has 0 saturated heterocycles. The standard InChI is InChI=1S/C15H20FN3O/c16-12-6-13(17)11(15(18)20)5-14(12)19(7-9-1-2-9)8-10-3-4-10/h5-6,9-10H,1-4,7-8,17H2,(H2,18,20). The van der Waals surface area contributed by atoms with Gasteiger partial charge in [-0.2, -0.15) is 0 Å². The van der Waals surface area contributed by atoms with Crippen molar-refractivity contribution >= 4 is 17.3 Å². The van der Waals surface area contributed by atoms with Crippen molar-refractivity contribution in [2.75, 3.05) is 23.7 Å². The Morgan fingerprint density at radius 2 is 1.75 bits per heavy atom. The van der Waals surface area contributed by atoms with Crippen LogP contribution in [0, 0.1) is 17.7 Å². The normalized spacial score (nSPS) is 18.1. The fourth-order valence-corrected chi connectivity index (χ4v) is 2.53. The van der Waals surface area contributed by atoms with Crippen LogP contribution in [0.5, 0.6) is 0 Å². The Morgan fingerprint density at radius 1 is 1.20 bits per heavy atom. The zero-order valence-corrected chi connectivity index (χ0v) is 11.4. The molecule has 2 aliphatic carbocycles. The van der Waals surface area contributed by atoms with Crippen LogP contribution in [-0.4, -0.2) is 19.0 Å². The molecule has 0 heterocycles. The summed E-state index contributed by atoms with van der Waals surface area (Å²) >= 11 is 0. The van der Waals surface area contributed by atoms with Crippen molar-refractivity contribution in [1.29, 1.82) is 0 Å². The molecule has 0 unspecified atom stereocenters. The Morgan fingerprint density at radius 3 is 2.20 bits per heavy atom. The van der Waals surface area contributed by atoms with Gasteiger partial charge in [-0.25, -0.2) is 4.39 Å². The lowest BCUT2D eigenvalue weighted by molar-refractivity contribution is 0.100. The molecule has 0 aromatic heterocycles. The van der Waals surface area contributed by atoms with Gasteiger partial charge in [-0.15, -0.1) is 0 Å². The van der Waals surface area contributed by atoms with Crippen molar-refractivity contribution in [2.45, 2.75) is 25.7 Å². The molecule has 0 aliphatic heterocycles. The van der Waals surface area contributed by atoms with E-state index in [1.54, 1.807) is 0 Å². The first-order valence-corrected chi connectivity index (χ1v) is 7.18. The molecule has 0 atom stereocenters. The SMILES string of the molecule is NC(=O)c1cc(N(CC2CC2)CC2CC2)c(F)cc1N. The number of amides is 1. The second kappa shape index (κ2) is 4.96. The van der Waals surface area contributed by atoms with Crippen molar-refractivity contribution in [2.24, 2.45) is 17.6 Å². The summed E-state index contributed by atoms with van der Waals surface area (Å²) in [6, 6.07) is 2.72. The number of anilines is 2. The minimum absolute atomic E-state index is 0.108. The maximum Gasteiger partial charge on any atom is 0.250 e. The number of nitrogen functional groups attached to an aromatic ring is 1. The average molecular weight is 277 g/mol. The molecule has 0 bridgehead atoms. The molecule has 2 saturated carbocycles. The number of primary amides is 1. The zero-order chi connectivity index (χ0) is 14.3. The fraction of sp³-hybridized carbons (Fsp3) is 0.533. The lowest BCUT2D eigenvalue weighted by Crippen LogP contribution is -2.29. The highest BCUT2D eigenvalue weighted by atomic mass is 19.1. The van der Waals surface area contributed by atoms with Crippen LogP contribution in [-0.2, 0) is 0 Å². The summed E-state index contributed by atoms with van der Waals surface area (Å²) in [5.74, 6) is 0.334. The van der Waals surface area contributed by atoms with Gasteiger partial charge < -0.3 is 16.4 Å². The van der Waals surface area contributed by atoms with Gasteiger partial charge in [0.2, 0.25) is 0 Å². The second-order valence-corrected chi connectivity index (χ2v) is 6.05. The third kappa shape index (κ3) is 2.86. The van der Waals surface area contributed by atoms with E-state index in [9.17, 15) is 9.18 Å². The number of hydrogen-bond acceptors (Lipinski definition) is 3. The topological polar surface area (TPSA) is 72.4 Å². The molecule has 3 rings (SSSR count). The van der Waals surface area contributed by atoms with Crippen molar-refractivity contribution in [3.05, 3.63) is 23.5 Å². The first-order valence-electron chi connectivity index (χ1n) is 7.18. The van der Waals surface area contributed by atoms with Gasteiger partial charge in [-0.1, -0.05) is 0 Å². The summed E-state index contributed by atoms with van der Waals surface area (Å²) in [6.45, 7) is 1.71. The minimum Gasteiger partial charge on any atom is -0.398 e. The first kappa shape index (κ1) is 13.2. The van der Waals surface area contributed by atoms with E-state index in [-0.39, 0.29) is 17.1 Å². The van der Waals surface area contributed by atoms with Gasteiger partial charge in [0.15, 0.2) is 0 Å². The molecule has 20 heavy (non-hydrogen) atoms. The summed E-state index contributed by atoms with van der Waals surface area (Å²) in [6.07, 6.45) is 4.84. The number of carbonyl (C=O) groups is 1. The van der Waals surface area contributed by atoms with E-state index < -0.39 is 5.91 Å². The van der Waals surface area contributed by atoms with Gasteiger partial charge in [0.05, 0.1) is 11.3 Å². The number of nitrogens with two attached hydrogens (primary N) is 2. The van der Waals surface area contributed by atoms with Crippen molar-refractivity contribution in [1.82, 2.24) is 0 Å². The molecular weight excluding hydrogens is 257 g/mol. The Bertz CT molecular complexity index is 524. The number of benzene rings is 1. The lowest BCUT2D eigenvalue weighted by Gasteiger charge is -2.26. The highest BCUT2D eigenvalue weighted by Gasteiger charge is 2.30. The van der Waals surface area contributed by atoms with E-state index in [0.29, 0.717) is 17.5 Å². The average Bonchev–Trinajstić information content (AvgIpc) is 3.23. The van der Waals surface area contributed by atoms with Crippen molar-refractivity contribution in [3.8, 4) is 0 Å². The number of halogens is 1. The van der Waals surface area contributed by atoms with Crippen LogP contribution in [0.15, 0.2) is 12.1 Å². The third-order valence-corrected chi connectivity index (χ3v) is 4.08. The number of carbonyl (C=O) groups excluding carboxylic acids is 1. The second-order valence-electron chi connectivity index (χ2n) is 6.05. The third-order valence-electron chi connectivity index (χ3n) is 4.08. The minimum atomic E-state index is -0.610. The van der Waals surface area contributed by atoms with Gasteiger partial charge in [0.25, 0.3) is 5.91 Å². The van der Waals surface area contributed by atoms with E-state index in [1.807, 2.05) is 0 Å². The van der Waals surface area contributed by atoms with Gasteiger partial charge in [0, 0.05) is 18.8 Å². The van der Waals surface area contributed by atoms with E-state index in [2.05, 4.69) is 4.90 Å². The molecule has 1 aromatic rings. The predicted octanol–water partition coefficient (Wildman–Crippen LogP) is 2.13. The van der Waals surface area contributed by atoms with Crippen LogP contribution in [0.3, 0.4) is 0 Å².